The number of halogens is 23. The van der Waals surface area contributed by atoms with Crippen LogP contribution in [0, 0.1) is 11.6 Å². The van der Waals surface area contributed by atoms with E-state index in [2.05, 4.69) is 50.0 Å². The summed E-state index contributed by atoms with van der Waals surface area (Å²) in [6.07, 6.45) is -12.0. The first-order chi connectivity index (χ1) is 66.9. The number of likely N-dealkylation sites (tertiary alicyclic amines) is 4. The molecule has 49 heteroatoms. The third kappa shape index (κ3) is 33.4. The van der Waals surface area contributed by atoms with Gasteiger partial charge in [-0.2, -0.15) is 91.3 Å². The second kappa shape index (κ2) is 51.9. The molecule has 0 spiro atoms. The van der Waals surface area contributed by atoms with Crippen LogP contribution in [0.3, 0.4) is 0 Å². The predicted molar refractivity (Wildman–Crippen MR) is 493 cm³/mol. The molecule has 0 bridgehead atoms. The molecule has 5 aliphatic heterocycles. The van der Waals surface area contributed by atoms with Crippen LogP contribution in [0.15, 0.2) is 133 Å². The zero-order valence-electron chi connectivity index (χ0n) is 75.7. The summed E-state index contributed by atoms with van der Waals surface area (Å²) in [6, 6.07) is 31.1. The standard InChI is InChI=1S/C19H21ClF4N4O.C19H22ClF3N4O.C18H19Cl2F3N4O.C18H19ClF4N4O.C18H20ClF3N4O2/c20-14-5-4-6-15(21)13(14)12-28(10-9-27-7-2-1-3-8-27)18(29)16-11-17(26-25-16)19(22,23)24;20-15-7-3-2-6-14(15)13-27(11-10-26-8-4-1-5-9-26)18(28)16-12-17(25-24-16)19(21,22)23;2*19-13-4-3-5-14(20)12(13)11-27(9-8-26-6-1-2-7-26)17(28)15-10-16(25-24-15)18(21,22)23;19-14-4-2-1-3-13(14)12-26(6-5-25-7-9-28-10-8-25)17(27)15-11-16(24-23-15)18(20,21)22/h4-6,11H,1-3,7-10,12H2,(H,25,26);2-3,6-7,12H,1,4-5,8-11,13H2,(H,24,25);2*3-5,10H,1-2,6-9,11H2,(H,24,25);1-4,11H,5-10,12H2,(H,23,24). The second-order valence-electron chi connectivity index (χ2n) is 33.6. The fraction of sp³-hybridized carbons (Fsp3) is 0.457. The first-order valence-electron chi connectivity index (χ1n) is 45.0. The van der Waals surface area contributed by atoms with Gasteiger partial charge in [0.05, 0.1) is 26.3 Å². The molecular formula is C92H101Cl6F17N20O6. The fourth-order valence-corrected chi connectivity index (χ4v) is 17.1. The van der Waals surface area contributed by atoms with Crippen molar-refractivity contribution < 1.29 is 103 Å². The van der Waals surface area contributed by atoms with Crippen molar-refractivity contribution in [3.63, 3.8) is 0 Å². The highest BCUT2D eigenvalue weighted by atomic mass is 35.5. The number of alkyl halides is 15. The average molecular weight is 2120 g/mol. The van der Waals surface area contributed by atoms with Crippen molar-refractivity contribution in [1.29, 1.82) is 0 Å². The Bertz CT molecular complexity index is 5380. The first-order valence-corrected chi connectivity index (χ1v) is 47.3. The number of benzene rings is 5. The lowest BCUT2D eigenvalue weighted by Gasteiger charge is -2.30. The lowest BCUT2D eigenvalue weighted by Crippen LogP contribution is -2.43. The molecule has 5 N–H and O–H groups in total. The van der Waals surface area contributed by atoms with Crippen LogP contribution in [0.1, 0.15) is 173 Å². The Hall–Kier alpha value is -10.2. The summed E-state index contributed by atoms with van der Waals surface area (Å²) in [5.41, 5.74) is -4.71. The van der Waals surface area contributed by atoms with Crippen LogP contribution in [0.5, 0.6) is 0 Å². The molecule has 10 aromatic rings. The Morgan fingerprint density at radius 3 is 0.738 bits per heavy atom. The summed E-state index contributed by atoms with van der Waals surface area (Å²) in [7, 11) is 0. The van der Waals surface area contributed by atoms with E-state index in [1.807, 2.05) is 31.6 Å². The maximum absolute atomic E-state index is 14.2. The lowest BCUT2D eigenvalue weighted by molar-refractivity contribution is -0.142. The number of aromatic amines is 5. The molecule has 15 rings (SSSR count). The number of nitrogens with zero attached hydrogens (tertiary/aromatic N) is 15. The van der Waals surface area contributed by atoms with E-state index in [0.717, 1.165) is 147 Å². The largest absolute Gasteiger partial charge is 0.432 e. The predicted octanol–water partition coefficient (Wildman–Crippen LogP) is 20.0. The Morgan fingerprint density at radius 1 is 0.284 bits per heavy atom. The van der Waals surface area contributed by atoms with Gasteiger partial charge in [-0.1, -0.05) is 137 Å². The van der Waals surface area contributed by atoms with Crippen molar-refractivity contribution in [3.05, 3.63) is 260 Å². The lowest BCUT2D eigenvalue weighted by atomic mass is 10.1. The van der Waals surface area contributed by atoms with Gasteiger partial charge >= 0.3 is 30.9 Å². The number of morpholine rings is 1. The van der Waals surface area contributed by atoms with Crippen molar-refractivity contribution in [2.75, 3.05) is 144 Å². The number of carbonyl (C=O) groups is 5. The van der Waals surface area contributed by atoms with Crippen molar-refractivity contribution in [2.24, 2.45) is 0 Å². The Morgan fingerprint density at radius 2 is 0.496 bits per heavy atom. The highest BCUT2D eigenvalue weighted by molar-refractivity contribution is 6.36. The summed E-state index contributed by atoms with van der Waals surface area (Å²) < 4.78 is 226. The summed E-state index contributed by atoms with van der Waals surface area (Å²) in [5.74, 6) is -4.33. The molecule has 0 atom stereocenters. The zero-order valence-corrected chi connectivity index (χ0v) is 80.3. The number of H-pyrrole nitrogens is 5. The second-order valence-corrected chi connectivity index (χ2v) is 36.0. The summed E-state index contributed by atoms with van der Waals surface area (Å²) in [4.78, 5) is 82.2. The van der Waals surface area contributed by atoms with Crippen LogP contribution in [-0.2, 0) is 68.3 Å². The third-order valence-electron chi connectivity index (χ3n) is 23.6. The third-order valence-corrected chi connectivity index (χ3v) is 25.8. The Labute approximate surface area is 829 Å². The number of amides is 5. The SMILES string of the molecule is O=C(c1cc(C(F)(F)F)[nH]n1)N(CCN1CCCC1)Cc1c(Cl)cccc1Cl.O=C(c1cc(C(F)(F)F)[nH]n1)N(CCN1CCCC1)Cc1c(F)cccc1Cl.O=C(c1cc(C(F)(F)F)[nH]n1)N(CCN1CCCCC1)Cc1c(F)cccc1Cl.O=C(c1cc(C(F)(F)F)[nH]n1)N(CCN1CCCCC1)Cc1ccccc1Cl.O=C(c1cc(C(F)(F)F)[nH]n1)N(CCN1CCOCC1)Cc1ccccc1Cl. The summed E-state index contributed by atoms with van der Waals surface area (Å²) in [6.45, 7) is 14.7. The zero-order chi connectivity index (χ0) is 102. The van der Waals surface area contributed by atoms with Gasteiger partial charge < -0.3 is 48.8 Å². The van der Waals surface area contributed by atoms with Crippen LogP contribution >= 0.6 is 69.6 Å². The molecule has 5 aliphatic rings. The van der Waals surface area contributed by atoms with Gasteiger partial charge in [0.1, 0.15) is 40.1 Å². The van der Waals surface area contributed by atoms with Crippen molar-refractivity contribution in [2.45, 2.75) is 128 Å². The smallest absolute Gasteiger partial charge is 0.379 e. The van der Waals surface area contributed by atoms with Gasteiger partial charge in [0.15, 0.2) is 28.5 Å². The van der Waals surface area contributed by atoms with E-state index in [9.17, 15) is 98.6 Å². The van der Waals surface area contributed by atoms with Gasteiger partial charge in [-0.05, 0) is 163 Å². The number of aromatic nitrogens is 10. The number of hydrogen-bond acceptors (Lipinski definition) is 16. The first kappa shape index (κ1) is 111. The normalized spacial score (nSPS) is 15.4. The van der Waals surface area contributed by atoms with E-state index < -0.39 is 101 Å². The van der Waals surface area contributed by atoms with E-state index in [1.54, 1.807) is 60.7 Å². The van der Waals surface area contributed by atoms with Crippen molar-refractivity contribution in [3.8, 4) is 0 Å². The average Bonchev–Trinajstić information content (AvgIpc) is 1.73. The molecule has 26 nitrogen and oxygen atoms in total. The van der Waals surface area contributed by atoms with E-state index in [-0.39, 0.29) is 95.5 Å². The monoisotopic (exact) mass is 2110 g/mol. The number of hydrogen-bond donors (Lipinski definition) is 5. The molecule has 5 amide bonds. The summed E-state index contributed by atoms with van der Waals surface area (Å²) >= 11 is 37.0. The van der Waals surface area contributed by atoms with Gasteiger partial charge in [0.25, 0.3) is 29.5 Å². The Kier molecular flexibility index (Phi) is 40.9. The van der Waals surface area contributed by atoms with E-state index in [0.29, 0.717) is 109 Å². The molecule has 0 aliphatic carbocycles. The number of nitrogens with one attached hydrogen (secondary N) is 5. The molecule has 5 saturated heterocycles. The molecular weight excluding hydrogens is 2020 g/mol. The Balaban J connectivity index is 0.000000168. The molecule has 141 heavy (non-hydrogen) atoms. The molecule has 0 radical (unpaired) electrons. The number of piperidine rings is 2. The molecule has 5 aromatic carbocycles. The van der Waals surface area contributed by atoms with Crippen LogP contribution in [0.4, 0.5) is 74.6 Å². The highest BCUT2D eigenvalue weighted by Gasteiger charge is 2.41. The highest BCUT2D eigenvalue weighted by Crippen LogP contribution is 2.36. The minimum absolute atomic E-state index is 0.0827. The van der Waals surface area contributed by atoms with Gasteiger partial charge in [-0.3, -0.25) is 54.4 Å². The van der Waals surface area contributed by atoms with E-state index in [4.69, 9.17) is 74.3 Å². The van der Waals surface area contributed by atoms with E-state index >= 15 is 0 Å². The molecule has 10 heterocycles. The summed E-state index contributed by atoms with van der Waals surface area (Å²) in [5, 5.41) is 29.1. The van der Waals surface area contributed by atoms with Crippen LogP contribution in [0.25, 0.3) is 0 Å². The minimum Gasteiger partial charge on any atom is -0.379 e. The fourth-order valence-electron chi connectivity index (χ4n) is 15.8. The maximum Gasteiger partial charge on any atom is 0.432 e. The van der Waals surface area contributed by atoms with Gasteiger partial charge in [-0.25, -0.2) is 8.78 Å². The van der Waals surface area contributed by atoms with E-state index in [1.165, 1.54) is 67.3 Å². The van der Waals surface area contributed by atoms with Crippen LogP contribution in [-0.4, -0.2) is 274 Å². The topological polar surface area (TPSA) is 270 Å². The van der Waals surface area contributed by atoms with Crippen molar-refractivity contribution >= 4 is 99.1 Å². The maximum atomic E-state index is 14.2. The number of carbonyl (C=O) groups excluding carboxylic acids is 5. The number of ether oxygens (including phenoxy) is 1. The number of rotatable bonds is 30. The minimum atomic E-state index is -4.64. The van der Waals surface area contributed by atoms with Crippen LogP contribution < -0.4 is 0 Å². The molecule has 0 saturated carbocycles. The van der Waals surface area contributed by atoms with Gasteiger partial charge in [0.2, 0.25) is 0 Å². The quantitative estimate of drug-likeness (QED) is 0.0262. The van der Waals surface area contributed by atoms with Gasteiger partial charge in [0, 0.05) is 175 Å². The van der Waals surface area contributed by atoms with Crippen LogP contribution in [0.2, 0.25) is 30.1 Å². The molecule has 5 aromatic heterocycles. The molecule has 766 valence electrons. The molecule has 0 unspecified atom stereocenters. The van der Waals surface area contributed by atoms with Crippen molar-refractivity contribution in [1.82, 2.24) is 100.0 Å². The molecule has 5 fully saturated rings. The van der Waals surface area contributed by atoms with Gasteiger partial charge in [-0.15, -0.1) is 0 Å².